The molecule has 28 heavy (non-hydrogen) atoms. The predicted molar refractivity (Wildman–Crippen MR) is 111 cm³/mol. The quantitative estimate of drug-likeness (QED) is 0.627. The lowest BCUT2D eigenvalue weighted by Crippen LogP contribution is -2.29. The van der Waals surface area contributed by atoms with Crippen LogP contribution in [-0.2, 0) is 6.54 Å². The molecule has 0 saturated carbocycles. The Morgan fingerprint density at radius 1 is 1.07 bits per heavy atom. The highest BCUT2D eigenvalue weighted by atomic mass is 79.9. The summed E-state index contributed by atoms with van der Waals surface area (Å²) in [5.41, 5.74) is 1.06. The minimum atomic E-state index is -0.512. The Kier molecular flexibility index (Phi) is 6.16. The van der Waals surface area contributed by atoms with Crippen LogP contribution in [0, 0.1) is 0 Å². The van der Waals surface area contributed by atoms with Gasteiger partial charge in [-0.25, -0.2) is 0 Å². The fourth-order valence-corrected chi connectivity index (χ4v) is 2.99. The summed E-state index contributed by atoms with van der Waals surface area (Å²) in [6, 6.07) is 15.9. The Labute approximate surface area is 170 Å². The van der Waals surface area contributed by atoms with E-state index >= 15 is 0 Å². The third-order valence-electron chi connectivity index (χ3n) is 4.19. The number of aromatic nitrogens is 1. The molecule has 1 heterocycles. The molecule has 0 aliphatic rings. The van der Waals surface area contributed by atoms with E-state index in [4.69, 9.17) is 9.47 Å². The van der Waals surface area contributed by atoms with Gasteiger partial charge in [-0.1, -0.05) is 28.1 Å². The molecule has 0 fully saturated rings. The molecule has 7 heteroatoms. The first-order valence-electron chi connectivity index (χ1n) is 8.49. The number of pyridine rings is 1. The first-order chi connectivity index (χ1) is 13.5. The van der Waals surface area contributed by atoms with Gasteiger partial charge in [0.15, 0.2) is 0 Å². The van der Waals surface area contributed by atoms with Crippen molar-refractivity contribution in [2.24, 2.45) is 0 Å². The monoisotopic (exact) mass is 442 g/mol. The highest BCUT2D eigenvalue weighted by Gasteiger charge is 2.15. The van der Waals surface area contributed by atoms with Crippen molar-refractivity contribution in [1.82, 2.24) is 4.57 Å². The number of carbonyl (C=O) groups excluding carboxylic acids is 1. The van der Waals surface area contributed by atoms with Gasteiger partial charge in [-0.05, 0) is 42.0 Å². The van der Waals surface area contributed by atoms with Crippen LogP contribution in [0.4, 0.5) is 5.69 Å². The zero-order valence-electron chi connectivity index (χ0n) is 15.4. The molecule has 1 amide bonds. The van der Waals surface area contributed by atoms with E-state index in [0.717, 1.165) is 10.0 Å². The van der Waals surface area contributed by atoms with Gasteiger partial charge in [0, 0.05) is 16.7 Å². The largest absolute Gasteiger partial charge is 0.497 e. The molecule has 0 aliphatic heterocycles. The molecule has 2 aromatic carbocycles. The molecule has 0 saturated heterocycles. The van der Waals surface area contributed by atoms with Crippen molar-refractivity contribution in [3.8, 4) is 11.5 Å². The van der Waals surface area contributed by atoms with E-state index in [2.05, 4.69) is 21.2 Å². The van der Waals surface area contributed by atoms with Crippen molar-refractivity contribution < 1.29 is 14.3 Å². The Bertz CT molecular complexity index is 1050. The Hall–Kier alpha value is -3.06. The second-order valence-electron chi connectivity index (χ2n) is 6.00. The molecule has 0 spiro atoms. The molecule has 3 aromatic rings. The molecule has 0 aliphatic carbocycles. The van der Waals surface area contributed by atoms with Gasteiger partial charge in [0.25, 0.3) is 11.5 Å². The number of carbonyl (C=O) groups is 1. The zero-order valence-corrected chi connectivity index (χ0v) is 17.0. The number of amides is 1. The third-order valence-corrected chi connectivity index (χ3v) is 4.71. The number of nitrogens with one attached hydrogen (secondary N) is 1. The topological polar surface area (TPSA) is 69.6 Å². The van der Waals surface area contributed by atoms with Gasteiger partial charge in [0.2, 0.25) is 0 Å². The van der Waals surface area contributed by atoms with Crippen molar-refractivity contribution in [1.29, 1.82) is 0 Å². The van der Waals surface area contributed by atoms with Gasteiger partial charge in [-0.2, -0.15) is 0 Å². The summed E-state index contributed by atoms with van der Waals surface area (Å²) in [5.74, 6) is 0.527. The van der Waals surface area contributed by atoms with Crippen molar-refractivity contribution >= 4 is 27.5 Å². The molecule has 6 nitrogen and oxygen atoms in total. The van der Waals surface area contributed by atoms with E-state index in [9.17, 15) is 9.59 Å². The van der Waals surface area contributed by atoms with E-state index in [1.807, 2.05) is 24.3 Å². The number of halogens is 1. The fourth-order valence-electron chi connectivity index (χ4n) is 2.72. The smallest absolute Gasteiger partial charge is 0.263 e. The summed E-state index contributed by atoms with van der Waals surface area (Å²) in [7, 11) is 3.04. The SMILES string of the molecule is COc1ccc(OC)c(NC(=O)c2cccn(Cc3ccc(Br)cc3)c2=O)c1. The maximum Gasteiger partial charge on any atom is 0.263 e. The number of methoxy groups -OCH3 is 2. The van der Waals surface area contributed by atoms with E-state index in [1.54, 1.807) is 30.5 Å². The Balaban J connectivity index is 1.87. The van der Waals surface area contributed by atoms with Crippen LogP contribution in [0.5, 0.6) is 11.5 Å². The molecule has 0 atom stereocenters. The van der Waals surface area contributed by atoms with Crippen LogP contribution in [0.15, 0.2) is 70.1 Å². The Morgan fingerprint density at radius 2 is 1.82 bits per heavy atom. The highest BCUT2D eigenvalue weighted by Crippen LogP contribution is 2.29. The van der Waals surface area contributed by atoms with Crippen molar-refractivity contribution in [2.45, 2.75) is 6.54 Å². The highest BCUT2D eigenvalue weighted by molar-refractivity contribution is 9.10. The number of rotatable bonds is 6. The normalized spacial score (nSPS) is 10.4. The summed E-state index contributed by atoms with van der Waals surface area (Å²) in [4.78, 5) is 25.5. The van der Waals surface area contributed by atoms with Gasteiger partial charge >= 0.3 is 0 Å². The maximum absolute atomic E-state index is 12.8. The summed E-state index contributed by atoms with van der Waals surface area (Å²) in [5, 5.41) is 2.73. The summed E-state index contributed by atoms with van der Waals surface area (Å²) >= 11 is 3.39. The van der Waals surface area contributed by atoms with E-state index in [0.29, 0.717) is 23.7 Å². The summed E-state index contributed by atoms with van der Waals surface area (Å²) in [6.45, 7) is 0.371. The van der Waals surface area contributed by atoms with Crippen LogP contribution in [-0.4, -0.2) is 24.7 Å². The van der Waals surface area contributed by atoms with E-state index in [-0.39, 0.29) is 11.1 Å². The minimum absolute atomic E-state index is 0.0458. The first kappa shape index (κ1) is 19.7. The number of nitrogens with zero attached hydrogens (tertiary/aromatic N) is 1. The number of ether oxygens (including phenoxy) is 2. The molecule has 0 radical (unpaired) electrons. The number of benzene rings is 2. The molecule has 144 valence electrons. The lowest BCUT2D eigenvalue weighted by atomic mass is 10.2. The van der Waals surface area contributed by atoms with Crippen molar-refractivity contribution in [2.75, 3.05) is 19.5 Å². The van der Waals surface area contributed by atoms with Crippen LogP contribution < -0.4 is 20.3 Å². The van der Waals surface area contributed by atoms with Crippen LogP contribution in [0.3, 0.4) is 0 Å². The Morgan fingerprint density at radius 3 is 2.50 bits per heavy atom. The molecule has 0 unspecified atom stereocenters. The van der Waals surface area contributed by atoms with Crippen LogP contribution in [0.25, 0.3) is 0 Å². The second kappa shape index (κ2) is 8.75. The van der Waals surface area contributed by atoms with Gasteiger partial charge in [-0.3, -0.25) is 9.59 Å². The molecular formula is C21H19BrN2O4. The summed E-state index contributed by atoms with van der Waals surface area (Å²) in [6.07, 6.45) is 1.66. The van der Waals surface area contributed by atoms with E-state index in [1.165, 1.54) is 24.9 Å². The average molecular weight is 443 g/mol. The van der Waals surface area contributed by atoms with Gasteiger partial charge in [0.1, 0.15) is 17.1 Å². The van der Waals surface area contributed by atoms with Crippen LogP contribution >= 0.6 is 15.9 Å². The molecular weight excluding hydrogens is 424 g/mol. The number of anilines is 1. The standard InChI is InChI=1S/C21H19BrN2O4/c1-27-16-9-10-19(28-2)18(12-16)23-20(25)17-4-3-11-24(21(17)26)13-14-5-7-15(22)8-6-14/h3-12H,13H2,1-2H3,(H,23,25). The maximum atomic E-state index is 12.8. The lowest BCUT2D eigenvalue weighted by molar-refractivity contribution is 0.102. The third kappa shape index (κ3) is 4.43. The van der Waals surface area contributed by atoms with Crippen LogP contribution in [0.2, 0.25) is 0 Å². The van der Waals surface area contributed by atoms with Gasteiger partial charge in [-0.15, -0.1) is 0 Å². The molecule has 0 bridgehead atoms. The van der Waals surface area contributed by atoms with E-state index < -0.39 is 5.91 Å². The van der Waals surface area contributed by atoms with Crippen molar-refractivity contribution in [3.05, 3.63) is 86.7 Å². The number of hydrogen-bond donors (Lipinski definition) is 1. The average Bonchev–Trinajstić information content (AvgIpc) is 2.71. The lowest BCUT2D eigenvalue weighted by Gasteiger charge is -2.12. The second-order valence-corrected chi connectivity index (χ2v) is 6.92. The number of hydrogen-bond acceptors (Lipinski definition) is 4. The van der Waals surface area contributed by atoms with Crippen LogP contribution in [0.1, 0.15) is 15.9 Å². The van der Waals surface area contributed by atoms with Crippen molar-refractivity contribution in [3.63, 3.8) is 0 Å². The molecule has 3 rings (SSSR count). The predicted octanol–water partition coefficient (Wildman–Crippen LogP) is 3.93. The van der Waals surface area contributed by atoms with Gasteiger partial charge in [0.05, 0.1) is 26.5 Å². The zero-order chi connectivity index (χ0) is 20.1. The minimum Gasteiger partial charge on any atom is -0.497 e. The summed E-state index contributed by atoms with van der Waals surface area (Å²) < 4.78 is 12.9. The molecule has 1 aromatic heterocycles. The van der Waals surface area contributed by atoms with Gasteiger partial charge < -0.3 is 19.4 Å². The molecule has 1 N–H and O–H groups in total. The fraction of sp³-hybridized carbons (Fsp3) is 0.143. The first-order valence-corrected chi connectivity index (χ1v) is 9.28.